The summed E-state index contributed by atoms with van der Waals surface area (Å²) in [6.45, 7) is 6.80. The third-order valence-corrected chi connectivity index (χ3v) is 4.57. The standard InChI is InChI=1S/C20H34O/c1-5-8-13-18-14-11-12-15-19(18)20(21-4,16-9-6-2)17-10-7-3/h11-12,14-15H,5-10,13,16-17H2,1-4H3. The zero-order valence-electron chi connectivity index (χ0n) is 14.6. The monoisotopic (exact) mass is 290 g/mol. The van der Waals surface area contributed by atoms with E-state index in [1.54, 1.807) is 0 Å². The van der Waals surface area contributed by atoms with Crippen LogP contribution in [0.2, 0.25) is 0 Å². The van der Waals surface area contributed by atoms with Crippen LogP contribution in [-0.2, 0) is 16.8 Å². The molecular weight excluding hydrogens is 256 g/mol. The van der Waals surface area contributed by atoms with Crippen molar-refractivity contribution in [2.45, 2.75) is 84.2 Å². The quantitative estimate of drug-likeness (QED) is 0.468. The second-order valence-corrected chi connectivity index (χ2v) is 6.17. The lowest BCUT2D eigenvalue weighted by Gasteiger charge is -2.35. The molecule has 1 nitrogen and oxygen atoms in total. The highest BCUT2D eigenvalue weighted by Crippen LogP contribution is 2.38. The number of methoxy groups -OCH3 is 1. The van der Waals surface area contributed by atoms with Crippen LogP contribution in [0.25, 0.3) is 0 Å². The van der Waals surface area contributed by atoms with Crippen molar-refractivity contribution in [1.29, 1.82) is 0 Å². The van der Waals surface area contributed by atoms with Crippen molar-refractivity contribution in [3.8, 4) is 0 Å². The van der Waals surface area contributed by atoms with Gasteiger partial charge in [-0.3, -0.25) is 0 Å². The normalized spacial score (nSPS) is 11.8. The molecule has 0 bridgehead atoms. The van der Waals surface area contributed by atoms with E-state index >= 15 is 0 Å². The minimum absolute atomic E-state index is 0.0731. The van der Waals surface area contributed by atoms with Gasteiger partial charge in [0, 0.05) is 7.11 Å². The molecule has 1 aromatic rings. The van der Waals surface area contributed by atoms with Crippen molar-refractivity contribution >= 4 is 0 Å². The Balaban J connectivity index is 3.10. The van der Waals surface area contributed by atoms with E-state index in [-0.39, 0.29) is 5.60 Å². The Hall–Kier alpha value is -0.820. The fourth-order valence-corrected chi connectivity index (χ4v) is 3.18. The van der Waals surface area contributed by atoms with Gasteiger partial charge in [0.2, 0.25) is 0 Å². The predicted octanol–water partition coefficient (Wildman–Crippen LogP) is 6.25. The maximum atomic E-state index is 6.15. The van der Waals surface area contributed by atoms with Crippen LogP contribution in [0.3, 0.4) is 0 Å². The van der Waals surface area contributed by atoms with Gasteiger partial charge in [-0.1, -0.05) is 77.1 Å². The van der Waals surface area contributed by atoms with Gasteiger partial charge >= 0.3 is 0 Å². The minimum atomic E-state index is -0.0731. The first kappa shape index (κ1) is 18.2. The van der Waals surface area contributed by atoms with Crippen molar-refractivity contribution in [2.75, 3.05) is 7.11 Å². The average molecular weight is 290 g/mol. The van der Waals surface area contributed by atoms with Crippen molar-refractivity contribution in [1.82, 2.24) is 0 Å². The summed E-state index contributed by atoms with van der Waals surface area (Å²) >= 11 is 0. The number of hydrogen-bond acceptors (Lipinski definition) is 1. The molecule has 0 fully saturated rings. The van der Waals surface area contributed by atoms with E-state index in [0.29, 0.717) is 0 Å². The molecule has 0 atom stereocenters. The first-order valence-corrected chi connectivity index (χ1v) is 8.87. The SMILES string of the molecule is CCCCc1ccccc1C(CCCC)(CCCC)OC. The van der Waals surface area contributed by atoms with Gasteiger partial charge in [-0.05, 0) is 36.8 Å². The van der Waals surface area contributed by atoms with E-state index in [1.165, 1.54) is 56.1 Å². The summed E-state index contributed by atoms with van der Waals surface area (Å²) in [5.74, 6) is 0. The topological polar surface area (TPSA) is 9.23 Å². The van der Waals surface area contributed by atoms with Crippen LogP contribution in [0.15, 0.2) is 24.3 Å². The summed E-state index contributed by atoms with van der Waals surface area (Å²) in [7, 11) is 1.90. The highest BCUT2D eigenvalue weighted by Gasteiger charge is 2.32. The third-order valence-electron chi connectivity index (χ3n) is 4.57. The Labute approximate surface area is 132 Å². The van der Waals surface area contributed by atoms with Crippen molar-refractivity contribution in [3.05, 3.63) is 35.4 Å². The van der Waals surface area contributed by atoms with Crippen molar-refractivity contribution in [3.63, 3.8) is 0 Å². The summed E-state index contributed by atoms with van der Waals surface area (Å²) in [6, 6.07) is 8.96. The number of benzene rings is 1. The van der Waals surface area contributed by atoms with Crippen LogP contribution in [0.1, 0.15) is 83.3 Å². The van der Waals surface area contributed by atoms with Crippen molar-refractivity contribution < 1.29 is 4.74 Å². The molecular formula is C20H34O. The van der Waals surface area contributed by atoms with Crippen LogP contribution in [0.4, 0.5) is 0 Å². The molecule has 0 saturated carbocycles. The third kappa shape index (κ3) is 5.14. The average Bonchev–Trinajstić information content (AvgIpc) is 2.54. The van der Waals surface area contributed by atoms with Crippen LogP contribution in [0.5, 0.6) is 0 Å². The van der Waals surface area contributed by atoms with E-state index in [2.05, 4.69) is 45.0 Å². The van der Waals surface area contributed by atoms with E-state index in [0.717, 1.165) is 12.8 Å². The number of ether oxygens (including phenoxy) is 1. The first-order chi connectivity index (χ1) is 10.2. The van der Waals surface area contributed by atoms with E-state index in [9.17, 15) is 0 Å². The Kier molecular flexibility index (Phi) is 8.68. The number of hydrogen-bond donors (Lipinski definition) is 0. The minimum Gasteiger partial charge on any atom is -0.374 e. The number of rotatable bonds is 11. The zero-order chi connectivity index (χ0) is 15.6. The second kappa shape index (κ2) is 10.00. The molecule has 0 unspecified atom stereocenters. The molecule has 0 radical (unpaired) electrons. The molecule has 0 N–H and O–H groups in total. The van der Waals surface area contributed by atoms with Crippen LogP contribution in [0, 0.1) is 0 Å². The van der Waals surface area contributed by atoms with Gasteiger partial charge in [-0.2, -0.15) is 0 Å². The highest BCUT2D eigenvalue weighted by atomic mass is 16.5. The van der Waals surface area contributed by atoms with E-state index < -0.39 is 0 Å². The first-order valence-electron chi connectivity index (χ1n) is 8.87. The summed E-state index contributed by atoms with van der Waals surface area (Å²) in [5.41, 5.74) is 2.87. The van der Waals surface area contributed by atoms with Crippen LogP contribution in [-0.4, -0.2) is 7.11 Å². The smallest absolute Gasteiger partial charge is 0.0930 e. The number of aryl methyl sites for hydroxylation is 1. The Morgan fingerprint density at radius 2 is 1.43 bits per heavy atom. The number of unbranched alkanes of at least 4 members (excludes halogenated alkanes) is 3. The second-order valence-electron chi connectivity index (χ2n) is 6.17. The molecule has 0 aromatic heterocycles. The van der Waals surface area contributed by atoms with Gasteiger partial charge in [-0.25, -0.2) is 0 Å². The predicted molar refractivity (Wildman–Crippen MR) is 92.8 cm³/mol. The molecule has 0 spiro atoms. The lowest BCUT2D eigenvalue weighted by Crippen LogP contribution is -2.30. The molecule has 120 valence electrons. The van der Waals surface area contributed by atoms with Crippen LogP contribution >= 0.6 is 0 Å². The van der Waals surface area contributed by atoms with Crippen molar-refractivity contribution in [2.24, 2.45) is 0 Å². The Morgan fingerprint density at radius 1 is 0.857 bits per heavy atom. The molecule has 0 heterocycles. The largest absolute Gasteiger partial charge is 0.374 e. The van der Waals surface area contributed by atoms with Gasteiger partial charge in [0.25, 0.3) is 0 Å². The molecule has 0 aliphatic carbocycles. The summed E-state index contributed by atoms with van der Waals surface area (Å²) in [4.78, 5) is 0. The fraction of sp³-hybridized carbons (Fsp3) is 0.700. The van der Waals surface area contributed by atoms with Gasteiger partial charge in [0.1, 0.15) is 0 Å². The van der Waals surface area contributed by atoms with Gasteiger partial charge in [-0.15, -0.1) is 0 Å². The maximum absolute atomic E-state index is 6.15. The molecule has 21 heavy (non-hydrogen) atoms. The summed E-state index contributed by atoms with van der Waals surface area (Å²) in [5, 5.41) is 0. The van der Waals surface area contributed by atoms with Gasteiger partial charge in [0.15, 0.2) is 0 Å². The Morgan fingerprint density at radius 3 is 1.95 bits per heavy atom. The molecule has 1 aromatic carbocycles. The maximum Gasteiger partial charge on any atom is 0.0930 e. The molecule has 0 amide bonds. The molecule has 1 heteroatoms. The van der Waals surface area contributed by atoms with E-state index in [1.807, 2.05) is 7.11 Å². The molecule has 1 rings (SSSR count). The highest BCUT2D eigenvalue weighted by molar-refractivity contribution is 5.33. The van der Waals surface area contributed by atoms with Gasteiger partial charge in [0.05, 0.1) is 5.60 Å². The van der Waals surface area contributed by atoms with E-state index in [4.69, 9.17) is 4.74 Å². The summed E-state index contributed by atoms with van der Waals surface area (Å²) in [6.07, 6.45) is 10.9. The summed E-state index contributed by atoms with van der Waals surface area (Å²) < 4.78 is 6.15. The van der Waals surface area contributed by atoms with Gasteiger partial charge < -0.3 is 4.74 Å². The zero-order valence-corrected chi connectivity index (χ0v) is 14.6. The fourth-order valence-electron chi connectivity index (χ4n) is 3.18. The van der Waals surface area contributed by atoms with Crippen LogP contribution < -0.4 is 0 Å². The molecule has 0 saturated heterocycles. The molecule has 0 aliphatic heterocycles. The lowest BCUT2D eigenvalue weighted by atomic mass is 9.80. The molecule has 0 aliphatic rings. The lowest BCUT2D eigenvalue weighted by molar-refractivity contribution is -0.0335. The Bertz CT molecular complexity index is 375.